The molecule has 2 aromatic heterocycles. The Kier molecular flexibility index (Phi) is 6.80. The minimum Gasteiger partial charge on any atom is -0.463 e. The molecule has 0 fully saturated rings. The van der Waals surface area contributed by atoms with Crippen LogP contribution in [0.4, 0.5) is 5.69 Å². The summed E-state index contributed by atoms with van der Waals surface area (Å²) in [5.41, 5.74) is 5.42. The number of esters is 1. The lowest BCUT2D eigenvalue weighted by Crippen LogP contribution is -2.40. The standard InChI is InChI=1S/C26H31N5O3S/c1-8-30-17(5)20(15(3)28-30)14-21-24(32)31-23(18-10-12-19(13-11-18)29(6)7)22(25(33)34-9-2)16(4)27-26(31)35-21/h10-14,23H,8-9H2,1-7H3/t23-/m0/s1. The maximum atomic E-state index is 13.8. The largest absolute Gasteiger partial charge is 0.463 e. The molecular formula is C26H31N5O3S. The molecule has 0 spiro atoms. The van der Waals surface area contributed by atoms with Crippen molar-refractivity contribution in [2.75, 3.05) is 25.6 Å². The van der Waals surface area contributed by atoms with E-state index in [0.717, 1.165) is 34.7 Å². The number of nitrogens with zero attached hydrogens (tertiary/aromatic N) is 5. The third-order valence-electron chi connectivity index (χ3n) is 6.25. The molecule has 0 aliphatic carbocycles. The zero-order valence-electron chi connectivity index (χ0n) is 21.2. The number of anilines is 1. The fourth-order valence-corrected chi connectivity index (χ4v) is 5.45. The van der Waals surface area contributed by atoms with Gasteiger partial charge in [-0.15, -0.1) is 0 Å². The van der Waals surface area contributed by atoms with Crippen LogP contribution in [0.5, 0.6) is 0 Å². The van der Waals surface area contributed by atoms with E-state index in [1.54, 1.807) is 18.4 Å². The molecule has 8 nitrogen and oxygen atoms in total. The highest BCUT2D eigenvalue weighted by Crippen LogP contribution is 2.31. The first-order valence-corrected chi connectivity index (χ1v) is 12.5. The van der Waals surface area contributed by atoms with E-state index in [1.165, 1.54) is 11.3 Å². The van der Waals surface area contributed by atoms with E-state index < -0.39 is 12.0 Å². The monoisotopic (exact) mass is 493 g/mol. The van der Waals surface area contributed by atoms with Gasteiger partial charge in [0.1, 0.15) is 0 Å². The third kappa shape index (κ3) is 4.36. The first kappa shape index (κ1) is 24.7. The van der Waals surface area contributed by atoms with Crippen molar-refractivity contribution in [1.82, 2.24) is 14.3 Å². The Morgan fingerprint density at radius 3 is 2.43 bits per heavy atom. The van der Waals surface area contributed by atoms with Gasteiger partial charge in [-0.05, 0) is 58.4 Å². The third-order valence-corrected chi connectivity index (χ3v) is 7.24. The Bertz CT molecular complexity index is 1490. The van der Waals surface area contributed by atoms with E-state index in [4.69, 9.17) is 4.74 Å². The summed E-state index contributed by atoms with van der Waals surface area (Å²) in [5.74, 6) is -0.458. The number of aryl methyl sites for hydroxylation is 2. The second kappa shape index (κ2) is 9.65. The first-order chi connectivity index (χ1) is 16.7. The Morgan fingerprint density at radius 2 is 1.86 bits per heavy atom. The summed E-state index contributed by atoms with van der Waals surface area (Å²) in [4.78, 5) is 34.0. The molecule has 0 amide bonds. The average Bonchev–Trinajstić information content (AvgIpc) is 3.28. The van der Waals surface area contributed by atoms with E-state index in [1.807, 2.05) is 74.8 Å². The van der Waals surface area contributed by atoms with Crippen molar-refractivity contribution >= 4 is 29.1 Å². The highest BCUT2D eigenvalue weighted by atomic mass is 32.1. The summed E-state index contributed by atoms with van der Waals surface area (Å²) in [7, 11) is 3.94. The van der Waals surface area contributed by atoms with Crippen molar-refractivity contribution < 1.29 is 9.53 Å². The fraction of sp³-hybridized carbons (Fsp3) is 0.385. The van der Waals surface area contributed by atoms with Crippen LogP contribution in [-0.2, 0) is 16.1 Å². The molecule has 4 rings (SSSR count). The van der Waals surface area contributed by atoms with Crippen molar-refractivity contribution in [3.8, 4) is 0 Å². The summed E-state index contributed by atoms with van der Waals surface area (Å²) < 4.78 is 9.47. The van der Waals surface area contributed by atoms with Gasteiger partial charge in [0.2, 0.25) is 0 Å². The van der Waals surface area contributed by atoms with E-state index in [2.05, 4.69) is 10.1 Å². The van der Waals surface area contributed by atoms with E-state index in [-0.39, 0.29) is 12.2 Å². The predicted molar refractivity (Wildman–Crippen MR) is 139 cm³/mol. The Labute approximate surface area is 208 Å². The number of hydrogen-bond donors (Lipinski definition) is 0. The van der Waals surface area contributed by atoms with Crippen LogP contribution < -0.4 is 19.8 Å². The van der Waals surface area contributed by atoms with E-state index in [0.29, 0.717) is 20.6 Å². The van der Waals surface area contributed by atoms with Crippen LogP contribution in [0.25, 0.3) is 6.08 Å². The summed E-state index contributed by atoms with van der Waals surface area (Å²) in [6.45, 7) is 10.6. The van der Waals surface area contributed by atoms with Gasteiger partial charge >= 0.3 is 5.97 Å². The molecule has 3 aromatic rings. The maximum Gasteiger partial charge on any atom is 0.338 e. The number of aromatic nitrogens is 3. The minimum atomic E-state index is -0.621. The minimum absolute atomic E-state index is 0.187. The molecule has 0 unspecified atom stereocenters. The summed E-state index contributed by atoms with van der Waals surface area (Å²) >= 11 is 1.33. The van der Waals surface area contributed by atoms with Crippen LogP contribution in [0.3, 0.4) is 0 Å². The van der Waals surface area contributed by atoms with Crippen molar-refractivity contribution in [3.05, 3.63) is 77.7 Å². The van der Waals surface area contributed by atoms with Gasteiger partial charge in [0, 0.05) is 37.6 Å². The number of rotatable bonds is 6. The molecule has 184 valence electrons. The van der Waals surface area contributed by atoms with Gasteiger partial charge in [0.25, 0.3) is 5.56 Å². The van der Waals surface area contributed by atoms with Crippen LogP contribution >= 0.6 is 11.3 Å². The molecule has 0 saturated carbocycles. The number of thiazole rings is 1. The summed E-state index contributed by atoms with van der Waals surface area (Å²) in [5, 5.41) is 4.57. The zero-order valence-corrected chi connectivity index (χ0v) is 22.1. The molecule has 3 heterocycles. The van der Waals surface area contributed by atoms with Crippen molar-refractivity contribution in [3.63, 3.8) is 0 Å². The fourth-order valence-electron chi connectivity index (χ4n) is 4.42. The highest BCUT2D eigenvalue weighted by Gasteiger charge is 2.33. The average molecular weight is 494 g/mol. The molecule has 0 bridgehead atoms. The van der Waals surface area contributed by atoms with Crippen molar-refractivity contribution in [2.24, 2.45) is 4.99 Å². The Hall–Kier alpha value is -3.46. The second-order valence-corrected chi connectivity index (χ2v) is 9.70. The molecule has 1 aromatic carbocycles. The van der Waals surface area contributed by atoms with Crippen molar-refractivity contribution in [1.29, 1.82) is 0 Å². The van der Waals surface area contributed by atoms with Gasteiger partial charge in [0.15, 0.2) is 4.80 Å². The normalized spacial score (nSPS) is 15.7. The number of allylic oxidation sites excluding steroid dienone is 1. The van der Waals surface area contributed by atoms with Crippen LogP contribution in [0.15, 0.2) is 45.3 Å². The van der Waals surface area contributed by atoms with Gasteiger partial charge in [0.05, 0.1) is 34.1 Å². The topological polar surface area (TPSA) is 81.7 Å². The molecule has 0 radical (unpaired) electrons. The number of ether oxygens (including phenoxy) is 1. The molecule has 1 aliphatic heterocycles. The van der Waals surface area contributed by atoms with Crippen LogP contribution in [0, 0.1) is 13.8 Å². The van der Waals surface area contributed by atoms with Gasteiger partial charge in [-0.3, -0.25) is 14.0 Å². The molecule has 9 heteroatoms. The smallest absolute Gasteiger partial charge is 0.338 e. The SMILES string of the molecule is CCOC(=O)C1=C(C)N=c2sc(=Cc3c(C)nn(CC)c3C)c(=O)n2[C@H]1c1ccc(N(C)C)cc1. The molecule has 35 heavy (non-hydrogen) atoms. The lowest BCUT2D eigenvalue weighted by molar-refractivity contribution is -0.139. The molecule has 0 N–H and O–H groups in total. The highest BCUT2D eigenvalue weighted by molar-refractivity contribution is 7.07. The lowest BCUT2D eigenvalue weighted by Gasteiger charge is -2.25. The van der Waals surface area contributed by atoms with Crippen LogP contribution in [0.1, 0.15) is 49.3 Å². The predicted octanol–water partition coefficient (Wildman–Crippen LogP) is 2.70. The van der Waals surface area contributed by atoms with Crippen molar-refractivity contribution in [2.45, 2.75) is 47.2 Å². The van der Waals surface area contributed by atoms with Crippen LogP contribution in [-0.4, -0.2) is 41.0 Å². The molecule has 1 atom stereocenters. The molecule has 1 aliphatic rings. The van der Waals surface area contributed by atoms with Crippen LogP contribution in [0.2, 0.25) is 0 Å². The lowest BCUT2D eigenvalue weighted by atomic mass is 9.95. The molecular weight excluding hydrogens is 462 g/mol. The van der Waals surface area contributed by atoms with E-state index in [9.17, 15) is 9.59 Å². The summed E-state index contributed by atoms with van der Waals surface area (Å²) in [6.07, 6.45) is 1.89. The second-order valence-electron chi connectivity index (χ2n) is 8.69. The first-order valence-electron chi connectivity index (χ1n) is 11.7. The molecule has 0 saturated heterocycles. The maximum absolute atomic E-state index is 13.8. The Balaban J connectivity index is 1.95. The van der Waals surface area contributed by atoms with Gasteiger partial charge < -0.3 is 9.64 Å². The van der Waals surface area contributed by atoms with E-state index >= 15 is 0 Å². The number of carbonyl (C=O) groups excluding carboxylic acids is 1. The Morgan fingerprint density at radius 1 is 1.17 bits per heavy atom. The number of carbonyl (C=O) groups is 1. The quantitative estimate of drug-likeness (QED) is 0.493. The van der Waals surface area contributed by atoms with Gasteiger partial charge in [-0.1, -0.05) is 23.5 Å². The number of fused-ring (bicyclic) bond motifs is 1. The number of benzene rings is 1. The zero-order chi connectivity index (χ0) is 25.4. The van der Waals surface area contributed by atoms with Gasteiger partial charge in [-0.2, -0.15) is 5.10 Å². The van der Waals surface area contributed by atoms with Gasteiger partial charge in [-0.25, -0.2) is 9.79 Å². The number of hydrogen-bond acceptors (Lipinski definition) is 7. The summed E-state index contributed by atoms with van der Waals surface area (Å²) in [6, 6.07) is 7.25.